The van der Waals surface area contributed by atoms with E-state index in [1.165, 1.54) is 12.8 Å². The quantitative estimate of drug-likeness (QED) is 0.676. The Labute approximate surface area is 111 Å². The summed E-state index contributed by atoms with van der Waals surface area (Å²) in [5.74, 6) is 0. The monoisotopic (exact) mass is 274 g/mol. The molecular formula is C11H16Cl2N4. The second-order valence-electron chi connectivity index (χ2n) is 4.37. The normalized spacial score (nSPS) is 20.8. The van der Waals surface area contributed by atoms with Gasteiger partial charge in [-0.3, -0.25) is 4.90 Å². The molecule has 0 unspecified atom stereocenters. The fourth-order valence-corrected chi connectivity index (χ4v) is 2.44. The van der Waals surface area contributed by atoms with Crippen LogP contribution in [0.2, 0.25) is 10.4 Å². The lowest BCUT2D eigenvalue weighted by molar-refractivity contribution is 0.195. The van der Waals surface area contributed by atoms with E-state index in [9.17, 15) is 0 Å². The lowest BCUT2D eigenvalue weighted by atomic mass is 10.1. The highest BCUT2D eigenvalue weighted by molar-refractivity contribution is 6.32. The number of nitrogens with one attached hydrogen (secondary N) is 1. The smallest absolute Gasteiger partial charge is 0.223 e. The molecule has 1 aromatic heterocycles. The zero-order valence-corrected chi connectivity index (χ0v) is 11.3. The Kier molecular flexibility index (Phi) is 4.56. The molecule has 1 atom stereocenters. The van der Waals surface area contributed by atoms with Gasteiger partial charge in [-0.2, -0.15) is 0 Å². The molecule has 0 aliphatic carbocycles. The number of rotatable bonds is 3. The molecule has 0 amide bonds. The van der Waals surface area contributed by atoms with Crippen molar-refractivity contribution in [2.45, 2.75) is 25.4 Å². The summed E-state index contributed by atoms with van der Waals surface area (Å²) in [6.45, 7) is 2.90. The van der Waals surface area contributed by atoms with Gasteiger partial charge in [-0.05, 0) is 38.0 Å². The summed E-state index contributed by atoms with van der Waals surface area (Å²) in [5, 5.41) is 4.04. The zero-order valence-electron chi connectivity index (χ0n) is 9.79. The first-order valence-electron chi connectivity index (χ1n) is 5.74. The van der Waals surface area contributed by atoms with Gasteiger partial charge in [0.05, 0.1) is 0 Å². The molecule has 0 radical (unpaired) electrons. The number of nitrogens with zero attached hydrogens (tertiary/aromatic N) is 3. The van der Waals surface area contributed by atoms with Gasteiger partial charge in [-0.25, -0.2) is 9.97 Å². The number of halogens is 2. The molecule has 6 heteroatoms. The zero-order chi connectivity index (χ0) is 12.3. The lowest BCUT2D eigenvalue weighted by Gasteiger charge is -2.31. The van der Waals surface area contributed by atoms with Gasteiger partial charge in [0.1, 0.15) is 5.15 Å². The van der Waals surface area contributed by atoms with E-state index in [0.29, 0.717) is 11.2 Å². The maximum atomic E-state index is 6.03. The Morgan fingerprint density at radius 2 is 2.35 bits per heavy atom. The van der Waals surface area contributed by atoms with Crippen LogP contribution >= 0.6 is 23.2 Å². The first-order valence-corrected chi connectivity index (χ1v) is 6.50. The molecular weight excluding hydrogens is 259 g/mol. The molecule has 1 aromatic rings. The predicted molar refractivity (Wildman–Crippen MR) is 69.4 cm³/mol. The number of piperidine rings is 1. The minimum absolute atomic E-state index is 0.195. The number of hydrogen-bond acceptors (Lipinski definition) is 4. The van der Waals surface area contributed by atoms with Crippen LogP contribution in [0.15, 0.2) is 6.20 Å². The summed E-state index contributed by atoms with van der Waals surface area (Å²) in [6, 6.07) is 0.551. The van der Waals surface area contributed by atoms with Crippen molar-refractivity contribution >= 4 is 23.2 Å². The van der Waals surface area contributed by atoms with Crippen molar-refractivity contribution in [1.82, 2.24) is 20.2 Å². The third-order valence-electron chi connectivity index (χ3n) is 3.10. The SMILES string of the molecule is CN(Cc1cnc(Cl)nc1Cl)[C@H]1CCCNC1. The van der Waals surface area contributed by atoms with Gasteiger partial charge >= 0.3 is 0 Å². The summed E-state index contributed by atoms with van der Waals surface area (Å²) in [6.07, 6.45) is 4.14. The summed E-state index contributed by atoms with van der Waals surface area (Å²) in [4.78, 5) is 10.2. The summed E-state index contributed by atoms with van der Waals surface area (Å²) >= 11 is 11.7. The van der Waals surface area contributed by atoms with Crippen LogP contribution in [0.5, 0.6) is 0 Å². The molecule has 1 aliphatic rings. The topological polar surface area (TPSA) is 41.1 Å². The molecule has 1 aliphatic heterocycles. The molecule has 2 heterocycles. The Hall–Kier alpha value is -0.420. The third kappa shape index (κ3) is 3.52. The van der Waals surface area contributed by atoms with E-state index in [0.717, 1.165) is 25.2 Å². The van der Waals surface area contributed by atoms with Crippen LogP contribution in [0, 0.1) is 0 Å². The van der Waals surface area contributed by atoms with E-state index in [-0.39, 0.29) is 5.28 Å². The van der Waals surface area contributed by atoms with E-state index in [1.807, 2.05) is 0 Å². The van der Waals surface area contributed by atoms with E-state index in [1.54, 1.807) is 6.20 Å². The molecule has 0 aromatic carbocycles. The predicted octanol–water partition coefficient (Wildman–Crippen LogP) is 1.97. The Morgan fingerprint density at radius 3 is 3.00 bits per heavy atom. The van der Waals surface area contributed by atoms with E-state index in [4.69, 9.17) is 23.2 Å². The van der Waals surface area contributed by atoms with E-state index >= 15 is 0 Å². The van der Waals surface area contributed by atoms with Crippen molar-refractivity contribution in [1.29, 1.82) is 0 Å². The fourth-order valence-electron chi connectivity index (χ4n) is 2.08. The second-order valence-corrected chi connectivity index (χ2v) is 5.07. The highest BCUT2D eigenvalue weighted by atomic mass is 35.5. The van der Waals surface area contributed by atoms with Gasteiger partial charge in [0, 0.05) is 30.9 Å². The van der Waals surface area contributed by atoms with Crippen molar-refractivity contribution < 1.29 is 0 Å². The van der Waals surface area contributed by atoms with Crippen molar-refractivity contribution in [3.63, 3.8) is 0 Å². The summed E-state index contributed by atoms with van der Waals surface area (Å²) in [5.41, 5.74) is 0.921. The average molecular weight is 275 g/mol. The standard InChI is InChI=1S/C11H16Cl2N4/c1-17(9-3-2-4-14-6-9)7-8-5-15-11(13)16-10(8)12/h5,9,14H,2-4,6-7H2,1H3/t9-/m0/s1. The van der Waals surface area contributed by atoms with Crippen molar-refractivity contribution in [3.8, 4) is 0 Å². The molecule has 1 N–H and O–H groups in total. The largest absolute Gasteiger partial charge is 0.315 e. The maximum Gasteiger partial charge on any atom is 0.223 e. The third-order valence-corrected chi connectivity index (χ3v) is 3.61. The minimum atomic E-state index is 0.195. The minimum Gasteiger partial charge on any atom is -0.315 e. The van der Waals surface area contributed by atoms with Gasteiger partial charge in [0.2, 0.25) is 5.28 Å². The number of likely N-dealkylation sites (N-methyl/N-ethyl adjacent to an activating group) is 1. The highest BCUT2D eigenvalue weighted by Gasteiger charge is 2.18. The van der Waals surface area contributed by atoms with Crippen molar-refractivity contribution in [2.75, 3.05) is 20.1 Å². The molecule has 1 saturated heterocycles. The van der Waals surface area contributed by atoms with Crippen LogP contribution in [0.4, 0.5) is 0 Å². The molecule has 1 fully saturated rings. The maximum absolute atomic E-state index is 6.03. The van der Waals surface area contributed by atoms with Crippen LogP contribution in [-0.4, -0.2) is 41.0 Å². The number of hydrogen-bond donors (Lipinski definition) is 1. The Bertz CT molecular complexity index is 380. The molecule has 2 rings (SSSR count). The molecule has 94 valence electrons. The van der Waals surface area contributed by atoms with Crippen LogP contribution in [0.1, 0.15) is 18.4 Å². The van der Waals surface area contributed by atoms with Gasteiger partial charge in [-0.1, -0.05) is 11.6 Å². The van der Waals surface area contributed by atoms with E-state index < -0.39 is 0 Å². The van der Waals surface area contributed by atoms with Gasteiger partial charge in [0.15, 0.2) is 0 Å². The van der Waals surface area contributed by atoms with Gasteiger partial charge < -0.3 is 5.32 Å². The molecule has 4 nitrogen and oxygen atoms in total. The molecule has 17 heavy (non-hydrogen) atoms. The van der Waals surface area contributed by atoms with Crippen LogP contribution in [-0.2, 0) is 6.54 Å². The van der Waals surface area contributed by atoms with Crippen LogP contribution in [0.25, 0.3) is 0 Å². The Morgan fingerprint density at radius 1 is 1.53 bits per heavy atom. The highest BCUT2D eigenvalue weighted by Crippen LogP contribution is 2.18. The molecule has 0 spiro atoms. The first kappa shape index (κ1) is 13.0. The second kappa shape index (κ2) is 5.96. The van der Waals surface area contributed by atoms with Crippen molar-refractivity contribution in [2.24, 2.45) is 0 Å². The summed E-state index contributed by atoms with van der Waals surface area (Å²) < 4.78 is 0. The van der Waals surface area contributed by atoms with Crippen LogP contribution in [0.3, 0.4) is 0 Å². The Balaban J connectivity index is 1.99. The fraction of sp³-hybridized carbons (Fsp3) is 0.636. The van der Waals surface area contributed by atoms with Crippen molar-refractivity contribution in [3.05, 3.63) is 22.2 Å². The number of aromatic nitrogens is 2. The molecule has 0 saturated carbocycles. The average Bonchev–Trinajstić information content (AvgIpc) is 2.34. The van der Waals surface area contributed by atoms with Gasteiger partial charge in [0.25, 0.3) is 0 Å². The lowest BCUT2D eigenvalue weighted by Crippen LogP contribution is -2.43. The molecule has 0 bridgehead atoms. The van der Waals surface area contributed by atoms with Gasteiger partial charge in [-0.15, -0.1) is 0 Å². The van der Waals surface area contributed by atoms with E-state index in [2.05, 4.69) is 27.2 Å². The first-order chi connectivity index (χ1) is 8.16. The summed E-state index contributed by atoms with van der Waals surface area (Å²) in [7, 11) is 2.10. The van der Waals surface area contributed by atoms with Crippen LogP contribution < -0.4 is 5.32 Å².